The molecule has 7 heteroatoms. The van der Waals surface area contributed by atoms with Crippen molar-refractivity contribution >= 4 is 11.7 Å². The van der Waals surface area contributed by atoms with Gasteiger partial charge in [0.05, 0.1) is 29.7 Å². The van der Waals surface area contributed by atoms with E-state index in [-0.39, 0.29) is 11.6 Å². The second-order valence-corrected chi connectivity index (χ2v) is 6.58. The first-order chi connectivity index (χ1) is 11.8. The largest absolute Gasteiger partial charge is 0.322 e. The van der Waals surface area contributed by atoms with Crippen molar-refractivity contribution in [3.05, 3.63) is 42.5 Å². The molecule has 7 nitrogen and oxygen atoms in total. The molecule has 0 bridgehead atoms. The van der Waals surface area contributed by atoms with Crippen LogP contribution in [0.25, 0.3) is 0 Å². The molecule has 4 heterocycles. The first-order valence-corrected chi connectivity index (χ1v) is 8.47. The van der Waals surface area contributed by atoms with E-state index in [1.807, 2.05) is 29.3 Å². The van der Waals surface area contributed by atoms with E-state index in [4.69, 9.17) is 0 Å². The number of carbonyl (C=O) groups excluding carboxylic acids is 1. The average Bonchev–Trinajstić information content (AvgIpc) is 3.32. The summed E-state index contributed by atoms with van der Waals surface area (Å²) in [6, 6.07) is 5.79. The van der Waals surface area contributed by atoms with Gasteiger partial charge in [0, 0.05) is 25.5 Å². The van der Waals surface area contributed by atoms with Crippen molar-refractivity contribution in [3.8, 4) is 0 Å². The molecule has 2 saturated heterocycles. The lowest BCUT2D eigenvalue weighted by molar-refractivity contribution is 0.168. The lowest BCUT2D eigenvalue weighted by Crippen LogP contribution is -2.50. The fourth-order valence-electron chi connectivity index (χ4n) is 3.79. The van der Waals surface area contributed by atoms with Crippen LogP contribution in [0.3, 0.4) is 0 Å². The maximum Gasteiger partial charge on any atom is 0.322 e. The Balaban J connectivity index is 1.41. The Morgan fingerprint density at radius 1 is 1.38 bits per heavy atom. The molecular weight excluding hydrogens is 304 g/mol. The number of nitrogens with zero attached hydrogens (tertiary/aromatic N) is 4. The van der Waals surface area contributed by atoms with Gasteiger partial charge in [-0.15, -0.1) is 0 Å². The van der Waals surface area contributed by atoms with E-state index in [0.717, 1.165) is 50.3 Å². The molecule has 24 heavy (non-hydrogen) atoms. The first-order valence-electron chi connectivity index (χ1n) is 8.47. The van der Waals surface area contributed by atoms with E-state index >= 15 is 0 Å². The van der Waals surface area contributed by atoms with Gasteiger partial charge < -0.3 is 15.5 Å². The number of aromatic nitrogens is 3. The normalized spacial score (nSPS) is 23.1. The first kappa shape index (κ1) is 15.1. The topological polar surface area (TPSA) is 75.1 Å². The second kappa shape index (κ2) is 6.24. The molecule has 2 aromatic rings. The zero-order valence-electron chi connectivity index (χ0n) is 13.6. The highest BCUT2D eigenvalue weighted by Gasteiger charge is 2.45. The number of anilines is 1. The van der Waals surface area contributed by atoms with Crippen LogP contribution in [-0.4, -0.2) is 50.9 Å². The highest BCUT2D eigenvalue weighted by Crippen LogP contribution is 2.34. The van der Waals surface area contributed by atoms with E-state index < -0.39 is 0 Å². The summed E-state index contributed by atoms with van der Waals surface area (Å²) in [5.74, 6) is 0. The molecule has 126 valence electrons. The smallest absolute Gasteiger partial charge is 0.318 e. The molecule has 0 aromatic carbocycles. The molecule has 2 N–H and O–H groups in total. The summed E-state index contributed by atoms with van der Waals surface area (Å²) in [6.45, 7) is 3.31. The van der Waals surface area contributed by atoms with Gasteiger partial charge in [-0.1, -0.05) is 6.07 Å². The Hall–Kier alpha value is -2.41. The highest BCUT2D eigenvalue weighted by atomic mass is 16.2. The van der Waals surface area contributed by atoms with E-state index in [1.54, 1.807) is 17.1 Å². The Morgan fingerprint density at radius 3 is 3.12 bits per heavy atom. The number of hydrogen-bond acceptors (Lipinski definition) is 4. The Kier molecular flexibility index (Phi) is 3.93. The number of nitrogens with one attached hydrogen (secondary N) is 2. The molecule has 2 aliphatic rings. The number of carbonyl (C=O) groups is 1. The Labute approximate surface area is 141 Å². The fourth-order valence-corrected chi connectivity index (χ4v) is 3.79. The quantitative estimate of drug-likeness (QED) is 0.900. The van der Waals surface area contributed by atoms with Crippen molar-refractivity contribution in [3.63, 3.8) is 0 Å². The van der Waals surface area contributed by atoms with E-state index in [2.05, 4.69) is 20.7 Å². The predicted octanol–water partition coefficient (Wildman–Crippen LogP) is 1.69. The number of likely N-dealkylation sites (tertiary alicyclic amines) is 1. The molecule has 0 aliphatic carbocycles. The van der Waals surface area contributed by atoms with Crippen LogP contribution in [0.5, 0.6) is 0 Å². The minimum absolute atomic E-state index is 0.00797. The molecule has 1 spiro atoms. The van der Waals surface area contributed by atoms with Crippen molar-refractivity contribution in [1.29, 1.82) is 0 Å². The van der Waals surface area contributed by atoms with Crippen molar-refractivity contribution in [2.75, 3.05) is 25.0 Å². The molecule has 4 rings (SSSR count). The van der Waals surface area contributed by atoms with Crippen LogP contribution in [0.15, 0.2) is 36.8 Å². The fraction of sp³-hybridized carbons (Fsp3) is 0.471. The summed E-state index contributed by atoms with van der Waals surface area (Å²) in [6.07, 6.45) is 8.52. The Morgan fingerprint density at radius 2 is 2.33 bits per heavy atom. The van der Waals surface area contributed by atoms with Crippen molar-refractivity contribution in [1.82, 2.24) is 25.0 Å². The van der Waals surface area contributed by atoms with Crippen LogP contribution in [0.4, 0.5) is 10.5 Å². The van der Waals surface area contributed by atoms with Gasteiger partial charge in [-0.05, 0) is 37.9 Å². The molecular formula is C17H22N6O. The van der Waals surface area contributed by atoms with Gasteiger partial charge in [0.2, 0.25) is 0 Å². The summed E-state index contributed by atoms with van der Waals surface area (Å²) in [7, 11) is 0. The summed E-state index contributed by atoms with van der Waals surface area (Å²) in [5.41, 5.74) is 1.67. The maximum atomic E-state index is 12.7. The molecule has 0 saturated carbocycles. The number of rotatable bonds is 3. The lowest BCUT2D eigenvalue weighted by Gasteiger charge is -2.34. The second-order valence-electron chi connectivity index (χ2n) is 6.58. The third-order valence-corrected chi connectivity index (χ3v) is 5.00. The van der Waals surface area contributed by atoms with Crippen molar-refractivity contribution in [2.45, 2.75) is 31.3 Å². The Bertz CT molecular complexity index is 701. The minimum Gasteiger partial charge on any atom is -0.318 e. The van der Waals surface area contributed by atoms with Gasteiger partial charge in [-0.2, -0.15) is 5.10 Å². The van der Waals surface area contributed by atoms with Crippen LogP contribution in [0.2, 0.25) is 0 Å². The summed E-state index contributed by atoms with van der Waals surface area (Å²) >= 11 is 0. The molecule has 2 aliphatic heterocycles. The molecule has 1 unspecified atom stereocenters. The number of pyridine rings is 1. The average molecular weight is 326 g/mol. The van der Waals surface area contributed by atoms with Crippen LogP contribution in [-0.2, 0) is 6.54 Å². The molecule has 2 amide bonds. The standard InChI is InChI=1S/C17H22N6O/c24-16(23-9-3-5-17(23)6-8-18-13-17)21-15-10-20-22(12-15)11-14-4-1-2-7-19-14/h1-2,4,7,10,12,18H,3,5-6,8-9,11,13H2,(H,21,24). The highest BCUT2D eigenvalue weighted by molar-refractivity contribution is 5.89. The number of amides is 2. The molecule has 2 aromatic heterocycles. The molecule has 2 fully saturated rings. The maximum absolute atomic E-state index is 12.7. The number of urea groups is 1. The third-order valence-electron chi connectivity index (χ3n) is 5.00. The van der Waals surface area contributed by atoms with Gasteiger partial charge in [0.25, 0.3) is 0 Å². The summed E-state index contributed by atoms with van der Waals surface area (Å²) in [4.78, 5) is 19.0. The summed E-state index contributed by atoms with van der Waals surface area (Å²) in [5, 5.41) is 10.7. The van der Waals surface area contributed by atoms with Gasteiger partial charge in [-0.25, -0.2) is 4.79 Å². The van der Waals surface area contributed by atoms with E-state index in [9.17, 15) is 4.79 Å². The van der Waals surface area contributed by atoms with Gasteiger partial charge >= 0.3 is 6.03 Å². The van der Waals surface area contributed by atoms with Gasteiger partial charge in [0.15, 0.2) is 0 Å². The van der Waals surface area contributed by atoms with Gasteiger partial charge in [0.1, 0.15) is 0 Å². The number of hydrogen-bond donors (Lipinski definition) is 2. The van der Waals surface area contributed by atoms with Crippen molar-refractivity contribution < 1.29 is 4.79 Å². The van der Waals surface area contributed by atoms with Crippen molar-refractivity contribution in [2.24, 2.45) is 0 Å². The van der Waals surface area contributed by atoms with Gasteiger partial charge in [-0.3, -0.25) is 9.67 Å². The lowest BCUT2D eigenvalue weighted by atomic mass is 9.95. The van der Waals surface area contributed by atoms with E-state index in [0.29, 0.717) is 6.54 Å². The van der Waals surface area contributed by atoms with Crippen LogP contribution in [0, 0.1) is 0 Å². The van der Waals surface area contributed by atoms with Crippen LogP contribution < -0.4 is 10.6 Å². The van der Waals surface area contributed by atoms with Crippen LogP contribution in [0.1, 0.15) is 25.0 Å². The SMILES string of the molecule is O=C(Nc1cnn(Cc2ccccn2)c1)N1CCCC12CCNC2. The zero-order valence-corrected chi connectivity index (χ0v) is 13.6. The summed E-state index contributed by atoms with van der Waals surface area (Å²) < 4.78 is 1.79. The zero-order chi connectivity index (χ0) is 16.4. The predicted molar refractivity (Wildman–Crippen MR) is 90.7 cm³/mol. The molecule has 1 atom stereocenters. The monoisotopic (exact) mass is 326 g/mol. The molecule has 0 radical (unpaired) electrons. The van der Waals surface area contributed by atoms with Crippen LogP contribution >= 0.6 is 0 Å². The third kappa shape index (κ3) is 2.87. The van der Waals surface area contributed by atoms with E-state index in [1.165, 1.54) is 0 Å². The minimum atomic E-state index is -0.0198.